The maximum absolute atomic E-state index is 13.0. The van der Waals surface area contributed by atoms with Gasteiger partial charge in [0.25, 0.3) is 0 Å². The van der Waals surface area contributed by atoms with Gasteiger partial charge in [0, 0.05) is 30.1 Å². The van der Waals surface area contributed by atoms with Crippen molar-refractivity contribution in [1.82, 2.24) is 20.9 Å². The predicted octanol–water partition coefficient (Wildman–Crippen LogP) is -3.11. The maximum atomic E-state index is 13.0. The van der Waals surface area contributed by atoms with E-state index in [4.69, 9.17) is 22.9 Å². The molecular formula is C25H37N9O7. The van der Waals surface area contributed by atoms with E-state index in [0.717, 1.165) is 16.5 Å². The minimum Gasteiger partial charge on any atom is -0.480 e. The number of carbonyl (C=O) groups is 5. The summed E-state index contributed by atoms with van der Waals surface area (Å²) in [6.45, 7) is -0.750. The molecule has 0 saturated carbocycles. The number of nitrogens with one attached hydrogen (secondary N) is 4. The third-order valence-electron chi connectivity index (χ3n) is 6.14. The molecule has 16 nitrogen and oxygen atoms in total. The van der Waals surface area contributed by atoms with Gasteiger partial charge in [-0.3, -0.25) is 24.2 Å². The van der Waals surface area contributed by atoms with E-state index in [1.807, 2.05) is 24.3 Å². The van der Waals surface area contributed by atoms with Gasteiger partial charge in [0.05, 0.1) is 12.6 Å². The molecule has 2 rings (SSSR count). The Labute approximate surface area is 235 Å². The van der Waals surface area contributed by atoms with Crippen molar-refractivity contribution < 1.29 is 34.2 Å². The Morgan fingerprint density at radius 2 is 1.54 bits per heavy atom. The summed E-state index contributed by atoms with van der Waals surface area (Å²) < 4.78 is 0. The molecule has 1 aromatic heterocycles. The largest absolute Gasteiger partial charge is 0.480 e. The molecule has 14 N–H and O–H groups in total. The lowest BCUT2D eigenvalue weighted by Crippen LogP contribution is -2.58. The van der Waals surface area contributed by atoms with Gasteiger partial charge < -0.3 is 54.1 Å². The van der Waals surface area contributed by atoms with E-state index >= 15 is 0 Å². The summed E-state index contributed by atoms with van der Waals surface area (Å²) in [5.74, 6) is -4.83. The predicted molar refractivity (Wildman–Crippen MR) is 149 cm³/mol. The molecule has 0 radical (unpaired) electrons. The summed E-state index contributed by atoms with van der Waals surface area (Å²) in [5, 5.41) is 27.0. The fourth-order valence-corrected chi connectivity index (χ4v) is 3.96. The molecule has 0 fully saturated rings. The highest BCUT2D eigenvalue weighted by molar-refractivity contribution is 5.94. The molecule has 1 heterocycles. The van der Waals surface area contributed by atoms with Crippen LogP contribution in [0.15, 0.2) is 35.5 Å². The molecule has 0 bridgehead atoms. The highest BCUT2D eigenvalue weighted by Crippen LogP contribution is 2.18. The first-order valence-electron chi connectivity index (χ1n) is 12.8. The van der Waals surface area contributed by atoms with Gasteiger partial charge in [-0.25, -0.2) is 4.79 Å². The number of primary amides is 1. The number of H-pyrrole nitrogens is 1. The lowest BCUT2D eigenvalue weighted by Gasteiger charge is -2.24. The van der Waals surface area contributed by atoms with Crippen LogP contribution in [0.2, 0.25) is 0 Å². The summed E-state index contributed by atoms with van der Waals surface area (Å²) in [7, 11) is 0. The number of amides is 4. The number of carbonyl (C=O) groups excluding carboxylic acids is 4. The molecule has 4 unspecified atom stereocenters. The van der Waals surface area contributed by atoms with Gasteiger partial charge in [0.15, 0.2) is 5.96 Å². The quantitative estimate of drug-likeness (QED) is 0.0514. The number of fused-ring (bicyclic) bond motifs is 1. The topological polar surface area (TPSA) is 294 Å². The van der Waals surface area contributed by atoms with Crippen LogP contribution in [-0.4, -0.2) is 88.1 Å². The van der Waals surface area contributed by atoms with Crippen molar-refractivity contribution in [3.63, 3.8) is 0 Å². The highest BCUT2D eigenvalue weighted by Gasteiger charge is 2.30. The number of hydrogen-bond acceptors (Lipinski definition) is 8. The van der Waals surface area contributed by atoms with E-state index < -0.39 is 60.4 Å². The summed E-state index contributed by atoms with van der Waals surface area (Å²) in [5.41, 5.74) is 23.4. The first-order chi connectivity index (χ1) is 19.4. The van der Waals surface area contributed by atoms with Crippen LogP contribution in [0.4, 0.5) is 0 Å². The second kappa shape index (κ2) is 15.8. The fraction of sp³-hybridized carbons (Fsp3) is 0.440. The van der Waals surface area contributed by atoms with Gasteiger partial charge in [-0.05, 0) is 37.3 Å². The van der Waals surface area contributed by atoms with Crippen molar-refractivity contribution in [3.05, 3.63) is 36.0 Å². The molecule has 1 aromatic carbocycles. The van der Waals surface area contributed by atoms with Crippen molar-refractivity contribution >= 4 is 46.5 Å². The first-order valence-corrected chi connectivity index (χ1v) is 12.8. The SMILES string of the molecule is NC(=O)CCC(NC(=O)C(N)Cc1c[nH]c2ccccc12)C(=O)NC(CO)C(=O)NC(CCCN=C(N)N)C(=O)O. The average Bonchev–Trinajstić information content (AvgIpc) is 3.33. The van der Waals surface area contributed by atoms with E-state index in [9.17, 15) is 34.2 Å². The van der Waals surface area contributed by atoms with Crippen molar-refractivity contribution in [3.8, 4) is 0 Å². The Balaban J connectivity index is 2.05. The third-order valence-corrected chi connectivity index (χ3v) is 6.14. The standard InChI is InChI=1S/C25H37N9O7/c26-15(10-13-11-31-16-5-2-1-4-14(13)16)21(37)32-17(7-8-20(27)36)22(38)34-19(12-35)23(39)33-18(24(40)41)6-3-9-30-25(28)29/h1-2,4-5,11,15,17-19,31,35H,3,6-10,12,26H2,(H2,27,36)(H,32,37)(H,33,39)(H,34,38)(H,40,41)(H4,28,29,30). The number of aliphatic hydroxyl groups is 1. The van der Waals surface area contributed by atoms with Crippen LogP contribution in [0, 0.1) is 0 Å². The van der Waals surface area contributed by atoms with Gasteiger partial charge in [-0.2, -0.15) is 0 Å². The molecule has 2 aromatic rings. The molecule has 0 saturated heterocycles. The van der Waals surface area contributed by atoms with E-state index in [2.05, 4.69) is 25.9 Å². The lowest BCUT2D eigenvalue weighted by atomic mass is 10.0. The zero-order valence-electron chi connectivity index (χ0n) is 22.3. The molecular weight excluding hydrogens is 538 g/mol. The van der Waals surface area contributed by atoms with Crippen LogP contribution in [0.25, 0.3) is 10.9 Å². The lowest BCUT2D eigenvalue weighted by molar-refractivity contribution is -0.142. The minimum atomic E-state index is -1.56. The summed E-state index contributed by atoms with van der Waals surface area (Å²) in [6, 6.07) is 2.13. The minimum absolute atomic E-state index is 0.0322. The number of para-hydroxylation sites is 1. The van der Waals surface area contributed by atoms with Gasteiger partial charge in [-0.15, -0.1) is 0 Å². The number of guanidine groups is 1. The molecule has 0 spiro atoms. The van der Waals surface area contributed by atoms with Crippen molar-refractivity contribution in [2.75, 3.05) is 13.2 Å². The zero-order valence-corrected chi connectivity index (χ0v) is 22.3. The Morgan fingerprint density at radius 1 is 0.902 bits per heavy atom. The second-order valence-electron chi connectivity index (χ2n) is 9.33. The first kappa shape index (κ1) is 32.5. The number of aliphatic imine (C=N–C) groups is 1. The molecule has 41 heavy (non-hydrogen) atoms. The van der Waals surface area contributed by atoms with Crippen LogP contribution in [0.3, 0.4) is 0 Å². The monoisotopic (exact) mass is 575 g/mol. The molecule has 224 valence electrons. The summed E-state index contributed by atoms with van der Waals surface area (Å²) in [4.78, 5) is 68.3. The van der Waals surface area contributed by atoms with Crippen LogP contribution < -0.4 is 38.9 Å². The van der Waals surface area contributed by atoms with Crippen LogP contribution >= 0.6 is 0 Å². The van der Waals surface area contributed by atoms with Crippen LogP contribution in [0.5, 0.6) is 0 Å². The van der Waals surface area contributed by atoms with Crippen LogP contribution in [-0.2, 0) is 30.4 Å². The third kappa shape index (κ3) is 10.4. The molecule has 16 heteroatoms. The van der Waals surface area contributed by atoms with E-state index in [1.54, 1.807) is 6.20 Å². The Hall–Kier alpha value is -4.70. The van der Waals surface area contributed by atoms with Crippen LogP contribution in [0.1, 0.15) is 31.2 Å². The van der Waals surface area contributed by atoms with Gasteiger partial charge in [0.1, 0.15) is 18.1 Å². The normalized spacial score (nSPS) is 13.8. The second-order valence-corrected chi connectivity index (χ2v) is 9.33. The number of carboxylic acid groups (broad SMARTS) is 1. The van der Waals surface area contributed by atoms with E-state index in [-0.39, 0.29) is 44.6 Å². The van der Waals surface area contributed by atoms with Crippen molar-refractivity contribution in [2.45, 2.75) is 56.3 Å². The summed E-state index contributed by atoms with van der Waals surface area (Å²) in [6.07, 6.45) is 1.57. The number of aliphatic carboxylic acids is 1. The van der Waals surface area contributed by atoms with Crippen molar-refractivity contribution in [1.29, 1.82) is 0 Å². The smallest absolute Gasteiger partial charge is 0.326 e. The molecule has 0 aliphatic carbocycles. The number of aromatic amines is 1. The van der Waals surface area contributed by atoms with E-state index in [1.165, 1.54) is 0 Å². The van der Waals surface area contributed by atoms with E-state index in [0.29, 0.717) is 0 Å². The molecule has 0 aliphatic heterocycles. The van der Waals surface area contributed by atoms with Gasteiger partial charge in [-0.1, -0.05) is 18.2 Å². The van der Waals surface area contributed by atoms with Crippen molar-refractivity contribution in [2.24, 2.45) is 27.9 Å². The number of hydrogen-bond donors (Lipinski definition) is 10. The number of nitrogens with two attached hydrogens (primary N) is 4. The number of rotatable bonds is 17. The molecule has 4 atom stereocenters. The number of carboxylic acids is 1. The fourth-order valence-electron chi connectivity index (χ4n) is 3.96. The Morgan fingerprint density at radius 3 is 2.17 bits per heavy atom. The Bertz CT molecular complexity index is 1260. The number of aliphatic hydroxyl groups excluding tert-OH is 1. The van der Waals surface area contributed by atoms with Gasteiger partial charge >= 0.3 is 5.97 Å². The Kier molecular flexibility index (Phi) is 12.5. The number of aromatic nitrogens is 1. The molecule has 0 aliphatic rings. The highest BCUT2D eigenvalue weighted by atomic mass is 16.4. The zero-order chi connectivity index (χ0) is 30.5. The number of nitrogens with zero attached hydrogens (tertiary/aromatic N) is 1. The summed E-state index contributed by atoms with van der Waals surface area (Å²) >= 11 is 0. The molecule has 4 amide bonds. The average molecular weight is 576 g/mol. The van der Waals surface area contributed by atoms with Gasteiger partial charge in [0.2, 0.25) is 23.6 Å². The number of benzene rings is 1. The maximum Gasteiger partial charge on any atom is 0.326 e.